The Kier molecular flexibility index (Phi) is 4.98. The number of benzene rings is 2. The van der Waals surface area contributed by atoms with E-state index in [4.69, 9.17) is 0 Å². The van der Waals surface area contributed by atoms with E-state index in [0.29, 0.717) is 11.4 Å². The average Bonchev–Trinajstić information content (AvgIpc) is 3.18. The molecular weight excluding hydrogens is 494 g/mol. The topological polar surface area (TPSA) is 94.4 Å². The van der Waals surface area contributed by atoms with Crippen molar-refractivity contribution in [3.05, 3.63) is 57.5 Å². The molecule has 0 saturated carbocycles. The van der Waals surface area contributed by atoms with Gasteiger partial charge in [-0.25, -0.2) is 4.90 Å². The molecule has 2 atom stereocenters. The number of fused-ring (bicyclic) bond motifs is 1. The molecule has 3 amide bonds. The second kappa shape index (κ2) is 7.44. The fourth-order valence-electron chi connectivity index (χ4n) is 3.08. The molecule has 1 saturated heterocycles. The van der Waals surface area contributed by atoms with Gasteiger partial charge in [-0.05, 0) is 48.5 Å². The number of anilines is 2. The zero-order valence-electron chi connectivity index (χ0n) is 14.3. The lowest BCUT2D eigenvalue weighted by Gasteiger charge is -2.20. The molecule has 0 radical (unpaired) electrons. The maximum atomic E-state index is 12.9. The van der Waals surface area contributed by atoms with Crippen LogP contribution in [0.2, 0.25) is 0 Å². The van der Waals surface area contributed by atoms with E-state index < -0.39 is 23.9 Å². The number of carbonyl (C=O) groups excluding carboxylic acids is 3. The molecule has 142 valence electrons. The number of nitrogens with zero attached hydrogens (tertiary/aromatic N) is 4. The summed E-state index contributed by atoms with van der Waals surface area (Å²) in [5, 5.41) is 11.8. The van der Waals surface area contributed by atoms with Crippen molar-refractivity contribution in [2.75, 3.05) is 16.8 Å². The van der Waals surface area contributed by atoms with Crippen LogP contribution in [-0.4, -0.2) is 41.4 Å². The van der Waals surface area contributed by atoms with Gasteiger partial charge in [-0.1, -0.05) is 37.1 Å². The Morgan fingerprint density at radius 3 is 2.21 bits per heavy atom. The molecule has 0 spiro atoms. The zero-order chi connectivity index (χ0) is 19.8. The number of halogens is 2. The SMILES string of the molecule is O=C(CN1N=N[C@@H]2C(=O)N(c3ccc(Br)cc3)C(=O)[C@@H]21)Nc1ccc(Br)cc1. The molecule has 28 heavy (non-hydrogen) atoms. The molecule has 1 N–H and O–H groups in total. The van der Waals surface area contributed by atoms with Crippen LogP contribution in [0.4, 0.5) is 11.4 Å². The van der Waals surface area contributed by atoms with E-state index in [2.05, 4.69) is 47.5 Å². The van der Waals surface area contributed by atoms with Gasteiger partial charge in [-0.15, -0.1) is 0 Å². The van der Waals surface area contributed by atoms with E-state index in [9.17, 15) is 14.4 Å². The molecule has 2 aliphatic heterocycles. The van der Waals surface area contributed by atoms with E-state index in [1.807, 2.05) is 0 Å². The van der Waals surface area contributed by atoms with Crippen LogP contribution in [0.5, 0.6) is 0 Å². The van der Waals surface area contributed by atoms with Gasteiger partial charge in [0.05, 0.1) is 5.69 Å². The fourth-order valence-corrected chi connectivity index (χ4v) is 3.61. The second-order valence-corrected chi connectivity index (χ2v) is 8.07. The Labute approximate surface area is 176 Å². The van der Waals surface area contributed by atoms with Crippen LogP contribution in [0.1, 0.15) is 0 Å². The first kappa shape index (κ1) is 18.8. The van der Waals surface area contributed by atoms with Gasteiger partial charge in [0, 0.05) is 14.6 Å². The standard InChI is InChI=1S/C18H13Br2N5O3/c19-10-1-5-12(6-2-10)21-14(26)9-24-16-15(22-23-24)17(27)25(18(16)28)13-7-3-11(20)4-8-13/h1-8,15-16H,9H2,(H,21,26)/t15-,16+/m0/s1. The summed E-state index contributed by atoms with van der Waals surface area (Å²) in [6.45, 7) is -0.187. The van der Waals surface area contributed by atoms with Crippen LogP contribution in [-0.2, 0) is 14.4 Å². The highest BCUT2D eigenvalue weighted by molar-refractivity contribution is 9.10. The summed E-state index contributed by atoms with van der Waals surface area (Å²) in [5.74, 6) is -1.25. The van der Waals surface area contributed by atoms with Crippen LogP contribution in [0.3, 0.4) is 0 Å². The van der Waals surface area contributed by atoms with Crippen molar-refractivity contribution in [1.29, 1.82) is 0 Å². The summed E-state index contributed by atoms with van der Waals surface area (Å²) < 4.78 is 1.73. The summed E-state index contributed by atoms with van der Waals surface area (Å²) in [5.41, 5.74) is 1.08. The molecule has 0 aliphatic carbocycles. The van der Waals surface area contributed by atoms with Gasteiger partial charge in [-0.2, -0.15) is 5.11 Å². The van der Waals surface area contributed by atoms with E-state index in [1.165, 1.54) is 5.01 Å². The van der Waals surface area contributed by atoms with Gasteiger partial charge in [-0.3, -0.25) is 19.4 Å². The number of imide groups is 1. The van der Waals surface area contributed by atoms with Crippen LogP contribution in [0.15, 0.2) is 67.8 Å². The van der Waals surface area contributed by atoms with Crippen molar-refractivity contribution in [3.8, 4) is 0 Å². The van der Waals surface area contributed by atoms with Crippen LogP contribution in [0, 0.1) is 0 Å². The van der Waals surface area contributed by atoms with E-state index in [-0.39, 0.29) is 12.5 Å². The summed E-state index contributed by atoms with van der Waals surface area (Å²) in [6.07, 6.45) is 0. The first-order valence-corrected chi connectivity index (χ1v) is 9.89. The number of hydrogen-bond donors (Lipinski definition) is 1. The molecule has 2 aromatic rings. The van der Waals surface area contributed by atoms with Gasteiger partial charge in [0.25, 0.3) is 11.8 Å². The minimum absolute atomic E-state index is 0.187. The molecule has 2 heterocycles. The molecule has 0 unspecified atom stereocenters. The first-order chi connectivity index (χ1) is 13.4. The lowest BCUT2D eigenvalue weighted by Crippen LogP contribution is -2.43. The van der Waals surface area contributed by atoms with Crippen molar-refractivity contribution >= 4 is 61.0 Å². The largest absolute Gasteiger partial charge is 0.324 e. The summed E-state index contributed by atoms with van der Waals surface area (Å²) in [6, 6.07) is 12.1. The number of hydrogen-bond acceptors (Lipinski definition) is 6. The lowest BCUT2D eigenvalue weighted by atomic mass is 10.1. The van der Waals surface area contributed by atoms with Crippen LogP contribution < -0.4 is 10.2 Å². The monoisotopic (exact) mass is 505 g/mol. The predicted molar refractivity (Wildman–Crippen MR) is 109 cm³/mol. The quantitative estimate of drug-likeness (QED) is 0.644. The molecule has 4 rings (SSSR count). The van der Waals surface area contributed by atoms with Crippen molar-refractivity contribution < 1.29 is 14.4 Å². The number of carbonyl (C=O) groups is 3. The van der Waals surface area contributed by atoms with E-state index >= 15 is 0 Å². The second-order valence-electron chi connectivity index (χ2n) is 6.24. The van der Waals surface area contributed by atoms with Gasteiger partial charge in [0.1, 0.15) is 6.54 Å². The van der Waals surface area contributed by atoms with Crippen molar-refractivity contribution in [2.24, 2.45) is 10.3 Å². The van der Waals surface area contributed by atoms with Gasteiger partial charge in [0.2, 0.25) is 5.91 Å². The smallest absolute Gasteiger partial charge is 0.263 e. The van der Waals surface area contributed by atoms with Gasteiger partial charge >= 0.3 is 0 Å². The molecule has 2 aliphatic rings. The molecule has 0 aromatic heterocycles. The highest BCUT2D eigenvalue weighted by Gasteiger charge is 2.55. The number of amides is 3. The van der Waals surface area contributed by atoms with Gasteiger partial charge in [0.15, 0.2) is 12.1 Å². The van der Waals surface area contributed by atoms with Crippen molar-refractivity contribution in [3.63, 3.8) is 0 Å². The Morgan fingerprint density at radius 2 is 1.57 bits per heavy atom. The Balaban J connectivity index is 1.48. The maximum absolute atomic E-state index is 12.9. The molecule has 10 heteroatoms. The Morgan fingerprint density at radius 1 is 0.964 bits per heavy atom. The fraction of sp³-hybridized carbons (Fsp3) is 0.167. The minimum Gasteiger partial charge on any atom is -0.324 e. The van der Waals surface area contributed by atoms with Crippen molar-refractivity contribution in [1.82, 2.24) is 5.01 Å². The molecule has 2 aromatic carbocycles. The van der Waals surface area contributed by atoms with Gasteiger partial charge < -0.3 is 5.32 Å². The summed E-state index contributed by atoms with van der Waals surface area (Å²) >= 11 is 6.65. The third-order valence-corrected chi connectivity index (χ3v) is 5.43. The molecule has 8 nitrogen and oxygen atoms in total. The summed E-state index contributed by atoms with van der Waals surface area (Å²) in [7, 11) is 0. The highest BCUT2D eigenvalue weighted by atomic mass is 79.9. The normalized spacial score (nSPS) is 20.6. The van der Waals surface area contributed by atoms with E-state index in [1.54, 1.807) is 48.5 Å². The minimum atomic E-state index is -0.934. The Hall–Kier alpha value is -2.59. The molecule has 1 fully saturated rings. The average molecular weight is 507 g/mol. The third kappa shape index (κ3) is 3.45. The van der Waals surface area contributed by atoms with Crippen LogP contribution in [0.25, 0.3) is 0 Å². The number of rotatable bonds is 4. The molecule has 0 bridgehead atoms. The number of nitrogens with one attached hydrogen (secondary N) is 1. The lowest BCUT2D eigenvalue weighted by molar-refractivity contribution is -0.123. The third-order valence-electron chi connectivity index (χ3n) is 4.38. The van der Waals surface area contributed by atoms with Crippen LogP contribution >= 0.6 is 31.9 Å². The predicted octanol–water partition coefficient (Wildman–Crippen LogP) is 3.14. The van der Waals surface area contributed by atoms with Crippen molar-refractivity contribution in [2.45, 2.75) is 12.1 Å². The summed E-state index contributed by atoms with van der Waals surface area (Å²) in [4.78, 5) is 38.9. The van der Waals surface area contributed by atoms with E-state index in [0.717, 1.165) is 13.8 Å². The Bertz CT molecular complexity index is 978. The molecular formula is C18H13Br2N5O3. The first-order valence-electron chi connectivity index (χ1n) is 8.30. The highest BCUT2D eigenvalue weighted by Crippen LogP contribution is 2.32. The maximum Gasteiger partial charge on any atom is 0.263 e. The zero-order valence-corrected chi connectivity index (χ0v) is 17.4.